The second-order valence-corrected chi connectivity index (χ2v) is 4.33. The molecule has 0 aliphatic carbocycles. The van der Waals surface area contributed by atoms with Crippen molar-refractivity contribution in [2.45, 2.75) is 19.4 Å². The molecule has 0 bridgehead atoms. The minimum absolute atomic E-state index is 0.102. The van der Waals surface area contributed by atoms with Gasteiger partial charge in [-0.25, -0.2) is 0 Å². The molecule has 0 aliphatic rings. The molecule has 0 aromatic heterocycles. The van der Waals surface area contributed by atoms with Crippen LogP contribution in [0.15, 0.2) is 36.4 Å². The highest BCUT2D eigenvalue weighted by molar-refractivity contribution is 5.80. The van der Waals surface area contributed by atoms with Gasteiger partial charge in [0.2, 0.25) is 0 Å². The number of carbonyl (C=O) groups is 1. The standard InChI is InChI=1S/C14H19NO2/c1-11(14(2,15)13(16)17-3)9-10-12-7-5-4-6-8-12/h4-11H,15H2,1-3H3/b10-9+/t11-,14+/m1/s1. The van der Waals surface area contributed by atoms with Crippen LogP contribution in [0.3, 0.4) is 0 Å². The Bertz CT molecular complexity index is 396. The van der Waals surface area contributed by atoms with E-state index in [4.69, 9.17) is 10.5 Å². The van der Waals surface area contributed by atoms with E-state index in [0.29, 0.717) is 0 Å². The summed E-state index contributed by atoms with van der Waals surface area (Å²) in [5.74, 6) is -0.502. The third kappa shape index (κ3) is 3.43. The minimum Gasteiger partial charge on any atom is -0.468 e. The third-order valence-corrected chi connectivity index (χ3v) is 2.95. The molecule has 2 atom stereocenters. The molecule has 0 fully saturated rings. The van der Waals surface area contributed by atoms with Gasteiger partial charge in [-0.3, -0.25) is 4.79 Å². The number of rotatable bonds is 4. The maximum atomic E-state index is 11.5. The maximum absolute atomic E-state index is 11.5. The fourth-order valence-electron chi connectivity index (χ4n) is 1.43. The molecule has 0 aliphatic heterocycles. The van der Waals surface area contributed by atoms with Crippen LogP contribution < -0.4 is 5.73 Å². The summed E-state index contributed by atoms with van der Waals surface area (Å²) >= 11 is 0. The van der Waals surface area contributed by atoms with Crippen LogP contribution in [0.2, 0.25) is 0 Å². The molecule has 3 nitrogen and oxygen atoms in total. The summed E-state index contributed by atoms with van der Waals surface area (Å²) < 4.78 is 4.69. The predicted molar refractivity (Wildman–Crippen MR) is 69.2 cm³/mol. The number of methoxy groups -OCH3 is 1. The SMILES string of the molecule is COC(=O)[C@@](C)(N)[C@H](C)/C=C/c1ccccc1. The van der Waals surface area contributed by atoms with Crippen molar-refractivity contribution < 1.29 is 9.53 Å². The quantitative estimate of drug-likeness (QED) is 0.811. The van der Waals surface area contributed by atoms with Gasteiger partial charge in [-0.15, -0.1) is 0 Å². The number of esters is 1. The van der Waals surface area contributed by atoms with Crippen molar-refractivity contribution in [1.82, 2.24) is 0 Å². The average Bonchev–Trinajstić information content (AvgIpc) is 2.35. The van der Waals surface area contributed by atoms with E-state index in [9.17, 15) is 4.79 Å². The Morgan fingerprint density at radius 2 is 2.00 bits per heavy atom. The van der Waals surface area contributed by atoms with Gasteiger partial charge in [0.1, 0.15) is 5.54 Å². The highest BCUT2D eigenvalue weighted by Gasteiger charge is 2.34. The second kappa shape index (κ2) is 5.64. The lowest BCUT2D eigenvalue weighted by Gasteiger charge is -2.26. The van der Waals surface area contributed by atoms with Gasteiger partial charge in [0.05, 0.1) is 7.11 Å². The van der Waals surface area contributed by atoms with Crippen molar-refractivity contribution in [1.29, 1.82) is 0 Å². The molecular formula is C14H19NO2. The van der Waals surface area contributed by atoms with E-state index < -0.39 is 11.5 Å². The molecule has 2 N–H and O–H groups in total. The lowest BCUT2D eigenvalue weighted by Crippen LogP contribution is -2.50. The minimum atomic E-state index is -1.000. The van der Waals surface area contributed by atoms with Crippen molar-refractivity contribution in [3.63, 3.8) is 0 Å². The van der Waals surface area contributed by atoms with Crippen molar-refractivity contribution in [2.24, 2.45) is 11.7 Å². The van der Waals surface area contributed by atoms with Gasteiger partial charge in [0.25, 0.3) is 0 Å². The van der Waals surface area contributed by atoms with Crippen LogP contribution in [-0.4, -0.2) is 18.6 Å². The first-order valence-electron chi connectivity index (χ1n) is 5.59. The normalized spacial score (nSPS) is 16.5. The Labute approximate surface area is 102 Å². The summed E-state index contributed by atoms with van der Waals surface area (Å²) in [6, 6.07) is 9.88. The Kier molecular flexibility index (Phi) is 4.46. The molecule has 0 heterocycles. The van der Waals surface area contributed by atoms with Gasteiger partial charge in [0.15, 0.2) is 0 Å². The van der Waals surface area contributed by atoms with E-state index in [-0.39, 0.29) is 5.92 Å². The van der Waals surface area contributed by atoms with E-state index in [1.165, 1.54) is 7.11 Å². The smallest absolute Gasteiger partial charge is 0.326 e. The fourth-order valence-corrected chi connectivity index (χ4v) is 1.43. The van der Waals surface area contributed by atoms with Gasteiger partial charge in [0, 0.05) is 5.92 Å². The first-order valence-corrected chi connectivity index (χ1v) is 5.59. The van der Waals surface area contributed by atoms with Crippen LogP contribution in [0.25, 0.3) is 6.08 Å². The number of hydrogen-bond donors (Lipinski definition) is 1. The summed E-state index contributed by atoms with van der Waals surface area (Å²) in [5.41, 5.74) is 6.04. The molecule has 1 rings (SSSR count). The van der Waals surface area contributed by atoms with E-state index >= 15 is 0 Å². The zero-order valence-electron chi connectivity index (χ0n) is 10.5. The van der Waals surface area contributed by atoms with Crippen molar-refractivity contribution in [3.8, 4) is 0 Å². The zero-order valence-corrected chi connectivity index (χ0v) is 10.5. The summed E-state index contributed by atoms with van der Waals surface area (Å²) in [6.07, 6.45) is 3.88. The molecule has 1 aromatic carbocycles. The monoisotopic (exact) mass is 233 g/mol. The first-order chi connectivity index (χ1) is 7.98. The molecule has 0 saturated heterocycles. The Morgan fingerprint density at radius 3 is 2.53 bits per heavy atom. The zero-order chi connectivity index (χ0) is 12.9. The topological polar surface area (TPSA) is 52.3 Å². The van der Waals surface area contributed by atoms with Gasteiger partial charge >= 0.3 is 5.97 Å². The summed E-state index contributed by atoms with van der Waals surface area (Å²) in [6.45, 7) is 3.58. The maximum Gasteiger partial charge on any atom is 0.326 e. The molecule has 0 saturated carbocycles. The largest absolute Gasteiger partial charge is 0.468 e. The van der Waals surface area contributed by atoms with Gasteiger partial charge in [-0.1, -0.05) is 49.4 Å². The van der Waals surface area contributed by atoms with E-state index in [1.807, 2.05) is 49.4 Å². The molecule has 17 heavy (non-hydrogen) atoms. The average molecular weight is 233 g/mol. The third-order valence-electron chi connectivity index (χ3n) is 2.95. The van der Waals surface area contributed by atoms with E-state index in [2.05, 4.69) is 0 Å². The van der Waals surface area contributed by atoms with Crippen molar-refractivity contribution in [3.05, 3.63) is 42.0 Å². The number of carbonyl (C=O) groups excluding carboxylic acids is 1. The van der Waals surface area contributed by atoms with E-state index in [1.54, 1.807) is 6.92 Å². The van der Waals surface area contributed by atoms with E-state index in [0.717, 1.165) is 5.56 Å². The van der Waals surface area contributed by atoms with Gasteiger partial charge in [-0.05, 0) is 12.5 Å². The molecule has 3 heteroatoms. The summed E-state index contributed by atoms with van der Waals surface area (Å²) in [5, 5.41) is 0. The van der Waals surface area contributed by atoms with Crippen molar-refractivity contribution in [2.75, 3.05) is 7.11 Å². The molecule has 0 unspecified atom stereocenters. The fraction of sp³-hybridized carbons (Fsp3) is 0.357. The lowest BCUT2D eigenvalue weighted by atomic mass is 9.87. The van der Waals surface area contributed by atoms with Crippen LogP contribution in [0, 0.1) is 5.92 Å². The van der Waals surface area contributed by atoms with Crippen LogP contribution in [0.5, 0.6) is 0 Å². The summed E-state index contributed by atoms with van der Waals surface area (Å²) in [7, 11) is 1.35. The van der Waals surface area contributed by atoms with Crippen LogP contribution in [-0.2, 0) is 9.53 Å². The van der Waals surface area contributed by atoms with Crippen LogP contribution in [0.4, 0.5) is 0 Å². The Hall–Kier alpha value is -1.61. The number of nitrogens with two attached hydrogens (primary N) is 1. The molecular weight excluding hydrogens is 214 g/mol. The molecule has 0 amide bonds. The lowest BCUT2D eigenvalue weighted by molar-refractivity contribution is -0.147. The van der Waals surface area contributed by atoms with Crippen LogP contribution in [0.1, 0.15) is 19.4 Å². The van der Waals surface area contributed by atoms with Crippen LogP contribution >= 0.6 is 0 Å². The molecule has 0 radical (unpaired) electrons. The van der Waals surface area contributed by atoms with Crippen molar-refractivity contribution >= 4 is 12.0 Å². The Balaban J connectivity index is 2.75. The molecule has 1 aromatic rings. The predicted octanol–water partition coefficient (Wildman–Crippen LogP) is 2.23. The number of ether oxygens (including phenoxy) is 1. The number of hydrogen-bond acceptors (Lipinski definition) is 3. The highest BCUT2D eigenvalue weighted by atomic mass is 16.5. The van der Waals surface area contributed by atoms with Gasteiger partial charge < -0.3 is 10.5 Å². The summed E-state index contributed by atoms with van der Waals surface area (Å²) in [4.78, 5) is 11.5. The Morgan fingerprint density at radius 1 is 1.41 bits per heavy atom. The molecule has 0 spiro atoms. The molecule has 92 valence electrons. The second-order valence-electron chi connectivity index (χ2n) is 4.33. The first kappa shape index (κ1) is 13.5. The van der Waals surface area contributed by atoms with Gasteiger partial charge in [-0.2, -0.15) is 0 Å². The number of benzene rings is 1. The highest BCUT2D eigenvalue weighted by Crippen LogP contribution is 2.18.